The van der Waals surface area contributed by atoms with Gasteiger partial charge in [0.05, 0.1) is 6.04 Å². The van der Waals surface area contributed by atoms with Gasteiger partial charge in [0, 0.05) is 32.2 Å². The van der Waals surface area contributed by atoms with Crippen molar-refractivity contribution in [2.75, 3.05) is 19.0 Å². The number of carbonyl (C=O) groups excluding carboxylic acids is 1. The van der Waals surface area contributed by atoms with Gasteiger partial charge in [-0.15, -0.1) is 0 Å². The second kappa shape index (κ2) is 10.5. The number of amides is 1. The zero-order chi connectivity index (χ0) is 22.3. The molecule has 1 saturated carbocycles. The second-order valence-electron chi connectivity index (χ2n) is 9.09. The first-order valence-electron chi connectivity index (χ1n) is 11.8. The fourth-order valence-electron chi connectivity index (χ4n) is 4.80. The Kier molecular flexibility index (Phi) is 7.26. The van der Waals surface area contributed by atoms with Gasteiger partial charge in [-0.25, -0.2) is 0 Å². The van der Waals surface area contributed by atoms with E-state index in [2.05, 4.69) is 96.7 Å². The third-order valence-electron chi connectivity index (χ3n) is 6.59. The van der Waals surface area contributed by atoms with Gasteiger partial charge in [0.25, 0.3) is 0 Å². The number of benzene rings is 3. The Morgan fingerprint density at radius 3 is 1.81 bits per heavy atom. The summed E-state index contributed by atoms with van der Waals surface area (Å²) in [6.45, 7) is 0.609. The third kappa shape index (κ3) is 5.21. The van der Waals surface area contributed by atoms with Crippen LogP contribution < -0.4 is 4.90 Å². The van der Waals surface area contributed by atoms with Gasteiger partial charge in [-0.05, 0) is 41.7 Å². The van der Waals surface area contributed by atoms with Crippen LogP contribution in [0.25, 0.3) is 0 Å². The van der Waals surface area contributed by atoms with Crippen LogP contribution in [0.4, 0.5) is 5.69 Å². The Labute approximate surface area is 192 Å². The van der Waals surface area contributed by atoms with Crippen LogP contribution in [0, 0.1) is 5.92 Å². The summed E-state index contributed by atoms with van der Waals surface area (Å²) >= 11 is 0. The molecule has 166 valence electrons. The number of carbonyl (C=O) groups is 1. The molecular weight excluding hydrogens is 392 g/mol. The van der Waals surface area contributed by atoms with Crippen LogP contribution in [-0.4, -0.2) is 24.9 Å². The van der Waals surface area contributed by atoms with E-state index in [9.17, 15) is 4.79 Å². The van der Waals surface area contributed by atoms with Crippen molar-refractivity contribution in [2.24, 2.45) is 5.92 Å². The highest BCUT2D eigenvalue weighted by Gasteiger charge is 2.32. The van der Waals surface area contributed by atoms with E-state index in [0.717, 1.165) is 42.4 Å². The average Bonchev–Trinajstić information content (AvgIpc) is 2.85. The van der Waals surface area contributed by atoms with Crippen molar-refractivity contribution in [3.05, 3.63) is 102 Å². The minimum absolute atomic E-state index is 0.0969. The minimum Gasteiger partial charge on any atom is -0.378 e. The molecule has 3 aromatic rings. The average molecular weight is 427 g/mol. The van der Waals surface area contributed by atoms with E-state index in [0.29, 0.717) is 12.5 Å². The summed E-state index contributed by atoms with van der Waals surface area (Å²) in [6, 6.07) is 29.4. The van der Waals surface area contributed by atoms with Crippen molar-refractivity contribution in [1.29, 1.82) is 0 Å². The van der Waals surface area contributed by atoms with Crippen LogP contribution in [0.3, 0.4) is 0 Å². The monoisotopic (exact) mass is 426 g/mol. The normalized spacial score (nSPS) is 14.3. The largest absolute Gasteiger partial charge is 0.378 e. The summed E-state index contributed by atoms with van der Waals surface area (Å²) in [6.07, 6.45) is 5.57. The maximum atomic E-state index is 14.0. The molecule has 0 aromatic heterocycles. The SMILES string of the molecule is CN(C)c1ccc(CN(C(=O)C2CCCCC2)C(c2ccccc2)c2ccccc2)cc1. The predicted molar refractivity (Wildman–Crippen MR) is 133 cm³/mol. The Balaban J connectivity index is 1.73. The lowest BCUT2D eigenvalue weighted by molar-refractivity contribution is -0.139. The molecule has 1 amide bonds. The molecule has 0 atom stereocenters. The minimum atomic E-state index is -0.0969. The molecule has 4 rings (SSSR count). The highest BCUT2D eigenvalue weighted by atomic mass is 16.2. The summed E-state index contributed by atoms with van der Waals surface area (Å²) in [5.41, 5.74) is 4.65. The van der Waals surface area contributed by atoms with Gasteiger partial charge in [0.1, 0.15) is 0 Å². The smallest absolute Gasteiger partial charge is 0.226 e. The van der Waals surface area contributed by atoms with E-state index in [1.54, 1.807) is 0 Å². The number of anilines is 1. The third-order valence-corrected chi connectivity index (χ3v) is 6.59. The summed E-state index contributed by atoms with van der Waals surface area (Å²) in [5, 5.41) is 0. The summed E-state index contributed by atoms with van der Waals surface area (Å²) in [7, 11) is 4.10. The first-order chi connectivity index (χ1) is 15.6. The maximum Gasteiger partial charge on any atom is 0.226 e. The summed E-state index contributed by atoms with van der Waals surface area (Å²) < 4.78 is 0. The molecule has 3 aromatic carbocycles. The number of nitrogens with zero attached hydrogens (tertiary/aromatic N) is 2. The fraction of sp³-hybridized carbons (Fsp3) is 0.345. The van der Waals surface area contributed by atoms with E-state index in [4.69, 9.17) is 0 Å². The van der Waals surface area contributed by atoms with Crippen molar-refractivity contribution >= 4 is 11.6 Å². The van der Waals surface area contributed by atoms with Crippen molar-refractivity contribution < 1.29 is 4.79 Å². The topological polar surface area (TPSA) is 23.6 Å². The molecule has 0 aliphatic heterocycles. The van der Waals surface area contributed by atoms with Gasteiger partial charge in [0.15, 0.2) is 0 Å². The van der Waals surface area contributed by atoms with Gasteiger partial charge < -0.3 is 9.80 Å². The van der Waals surface area contributed by atoms with E-state index in [1.165, 1.54) is 12.1 Å². The number of hydrogen-bond acceptors (Lipinski definition) is 2. The molecular formula is C29H34N2O. The molecule has 0 unspecified atom stereocenters. The zero-order valence-electron chi connectivity index (χ0n) is 19.3. The van der Waals surface area contributed by atoms with E-state index in [-0.39, 0.29) is 12.0 Å². The summed E-state index contributed by atoms with van der Waals surface area (Å²) in [5.74, 6) is 0.416. The molecule has 1 fully saturated rings. The maximum absolute atomic E-state index is 14.0. The second-order valence-corrected chi connectivity index (χ2v) is 9.09. The standard InChI is InChI=1S/C29H34N2O/c1-30(2)27-20-18-23(19-21-27)22-31(29(32)26-16-10-5-11-17-26)28(24-12-6-3-7-13-24)25-14-8-4-9-15-25/h3-4,6-9,12-15,18-21,26,28H,5,10-11,16-17,22H2,1-2H3. The quantitative estimate of drug-likeness (QED) is 0.433. The van der Waals surface area contributed by atoms with Crippen LogP contribution in [0.5, 0.6) is 0 Å². The van der Waals surface area contributed by atoms with Crippen molar-refractivity contribution in [1.82, 2.24) is 4.90 Å². The molecule has 0 heterocycles. The molecule has 0 saturated heterocycles. The van der Waals surface area contributed by atoms with Gasteiger partial charge in [-0.2, -0.15) is 0 Å². The Morgan fingerprint density at radius 2 is 1.31 bits per heavy atom. The van der Waals surface area contributed by atoms with Gasteiger partial charge in [-0.3, -0.25) is 4.79 Å². The highest BCUT2D eigenvalue weighted by Crippen LogP contribution is 2.34. The zero-order valence-corrected chi connectivity index (χ0v) is 19.3. The van der Waals surface area contributed by atoms with Gasteiger partial charge in [0.2, 0.25) is 5.91 Å². The van der Waals surface area contributed by atoms with E-state index >= 15 is 0 Å². The Morgan fingerprint density at radius 1 is 0.781 bits per heavy atom. The lowest BCUT2D eigenvalue weighted by Crippen LogP contribution is -2.39. The van der Waals surface area contributed by atoms with Crippen LogP contribution >= 0.6 is 0 Å². The van der Waals surface area contributed by atoms with Crippen LogP contribution in [0.1, 0.15) is 54.8 Å². The molecule has 0 N–H and O–H groups in total. The molecule has 3 heteroatoms. The summed E-state index contributed by atoms with van der Waals surface area (Å²) in [4.78, 5) is 18.2. The fourth-order valence-corrected chi connectivity index (χ4v) is 4.80. The van der Waals surface area contributed by atoms with Crippen molar-refractivity contribution in [2.45, 2.75) is 44.7 Å². The molecule has 0 radical (unpaired) electrons. The Hall–Kier alpha value is -3.07. The van der Waals surface area contributed by atoms with Crippen molar-refractivity contribution in [3.8, 4) is 0 Å². The van der Waals surface area contributed by atoms with Crippen LogP contribution in [0.2, 0.25) is 0 Å². The highest BCUT2D eigenvalue weighted by molar-refractivity contribution is 5.80. The van der Waals surface area contributed by atoms with Gasteiger partial charge in [-0.1, -0.05) is 92.1 Å². The Bertz CT molecular complexity index is 937. The molecule has 1 aliphatic carbocycles. The molecule has 3 nitrogen and oxygen atoms in total. The van der Waals surface area contributed by atoms with Gasteiger partial charge >= 0.3 is 0 Å². The first-order valence-corrected chi connectivity index (χ1v) is 11.8. The lowest BCUT2D eigenvalue weighted by atomic mass is 9.86. The molecule has 32 heavy (non-hydrogen) atoms. The molecule has 0 bridgehead atoms. The lowest BCUT2D eigenvalue weighted by Gasteiger charge is -2.36. The van der Waals surface area contributed by atoms with E-state index < -0.39 is 0 Å². The number of rotatable bonds is 7. The number of hydrogen-bond donors (Lipinski definition) is 0. The van der Waals surface area contributed by atoms with E-state index in [1.807, 2.05) is 12.1 Å². The molecule has 1 aliphatic rings. The van der Waals surface area contributed by atoms with Crippen LogP contribution in [-0.2, 0) is 11.3 Å². The van der Waals surface area contributed by atoms with Crippen molar-refractivity contribution in [3.63, 3.8) is 0 Å². The molecule has 0 spiro atoms. The van der Waals surface area contributed by atoms with Crippen LogP contribution in [0.15, 0.2) is 84.9 Å². The predicted octanol–water partition coefficient (Wildman–Crippen LogP) is 6.45. The first kappa shape index (κ1) is 22.1.